The van der Waals surface area contributed by atoms with Gasteiger partial charge in [-0.1, -0.05) is 11.6 Å². The fourth-order valence-electron chi connectivity index (χ4n) is 2.86. The van der Waals surface area contributed by atoms with E-state index in [9.17, 15) is 4.79 Å². The minimum Gasteiger partial charge on any atom is -0.369 e. The quantitative estimate of drug-likeness (QED) is 0.948. The van der Waals surface area contributed by atoms with Crippen molar-refractivity contribution in [1.29, 1.82) is 0 Å². The molecule has 3 rings (SSSR count). The molecule has 21 heavy (non-hydrogen) atoms. The highest BCUT2D eigenvalue weighted by Crippen LogP contribution is 2.22. The van der Waals surface area contributed by atoms with Crippen molar-refractivity contribution in [3.05, 3.63) is 23.2 Å². The summed E-state index contributed by atoms with van der Waals surface area (Å²) in [7, 11) is 0. The molecule has 0 unspecified atom stereocenters. The van der Waals surface area contributed by atoms with Gasteiger partial charge in [-0.25, -0.2) is 4.98 Å². The lowest BCUT2D eigenvalue weighted by Crippen LogP contribution is -2.36. The number of nitrogens with two attached hydrogens (primary N) is 1. The molecule has 1 aromatic carbocycles. The Hall–Kier alpha value is -1.75. The zero-order valence-electron chi connectivity index (χ0n) is 11.9. The first-order valence-electron chi connectivity index (χ1n) is 7.34. The standard InChI is InChI=1S/C15H19ClN4O/c16-11-4-5-12-13(10-11)20(15(17)18-12)9-6-14(21)19-7-2-1-3-8-19/h4-5,10H,1-3,6-9H2,(H2,17,18). The van der Waals surface area contributed by atoms with Gasteiger partial charge in [0.15, 0.2) is 0 Å². The lowest BCUT2D eigenvalue weighted by Gasteiger charge is -2.26. The van der Waals surface area contributed by atoms with Crippen LogP contribution in [0.5, 0.6) is 0 Å². The van der Waals surface area contributed by atoms with Crippen molar-refractivity contribution in [2.24, 2.45) is 0 Å². The largest absolute Gasteiger partial charge is 0.369 e. The van der Waals surface area contributed by atoms with Crippen LogP contribution in [0.2, 0.25) is 5.02 Å². The van der Waals surface area contributed by atoms with Gasteiger partial charge >= 0.3 is 0 Å². The molecule has 0 bridgehead atoms. The number of benzene rings is 1. The zero-order valence-corrected chi connectivity index (χ0v) is 12.6. The Morgan fingerprint density at radius 2 is 2.05 bits per heavy atom. The summed E-state index contributed by atoms with van der Waals surface area (Å²) < 4.78 is 1.86. The molecule has 1 aromatic heterocycles. The highest BCUT2D eigenvalue weighted by atomic mass is 35.5. The van der Waals surface area contributed by atoms with E-state index in [1.807, 2.05) is 21.6 Å². The molecule has 6 heteroatoms. The second-order valence-corrected chi connectivity index (χ2v) is 5.88. The number of aryl methyl sites for hydroxylation is 1. The molecule has 2 aromatic rings. The lowest BCUT2D eigenvalue weighted by molar-refractivity contribution is -0.132. The summed E-state index contributed by atoms with van der Waals surface area (Å²) in [6, 6.07) is 5.47. The SMILES string of the molecule is Nc1nc2ccc(Cl)cc2n1CCC(=O)N1CCCCC1. The van der Waals surface area contributed by atoms with Gasteiger partial charge in [-0.05, 0) is 37.5 Å². The number of amides is 1. The first-order chi connectivity index (χ1) is 10.1. The first-order valence-corrected chi connectivity index (χ1v) is 7.72. The molecule has 0 saturated carbocycles. The maximum absolute atomic E-state index is 12.2. The van der Waals surface area contributed by atoms with Crippen LogP contribution in [0.1, 0.15) is 25.7 Å². The Balaban J connectivity index is 1.74. The average Bonchev–Trinajstić information content (AvgIpc) is 2.80. The fourth-order valence-corrected chi connectivity index (χ4v) is 3.02. The van der Waals surface area contributed by atoms with Crippen LogP contribution >= 0.6 is 11.6 Å². The Bertz CT molecular complexity index is 661. The fraction of sp³-hybridized carbons (Fsp3) is 0.467. The maximum Gasteiger partial charge on any atom is 0.224 e. The highest BCUT2D eigenvalue weighted by molar-refractivity contribution is 6.31. The molecule has 1 fully saturated rings. The molecular weight excluding hydrogens is 288 g/mol. The summed E-state index contributed by atoms with van der Waals surface area (Å²) in [5.74, 6) is 0.622. The van der Waals surface area contributed by atoms with Crippen molar-refractivity contribution in [1.82, 2.24) is 14.5 Å². The van der Waals surface area contributed by atoms with Crippen LogP contribution in [0.3, 0.4) is 0 Å². The Labute approximate surface area is 128 Å². The minimum absolute atomic E-state index is 0.193. The summed E-state index contributed by atoms with van der Waals surface area (Å²) in [5.41, 5.74) is 7.64. The number of hydrogen-bond acceptors (Lipinski definition) is 3. The normalized spacial score (nSPS) is 15.6. The molecule has 0 radical (unpaired) electrons. The first kappa shape index (κ1) is 14.2. The molecule has 5 nitrogen and oxygen atoms in total. The third kappa shape index (κ3) is 2.97. The number of likely N-dealkylation sites (tertiary alicyclic amines) is 1. The molecule has 112 valence electrons. The third-order valence-corrected chi connectivity index (χ3v) is 4.23. The number of halogens is 1. The van der Waals surface area contributed by atoms with E-state index in [0.29, 0.717) is 23.9 Å². The molecular formula is C15H19ClN4O. The second-order valence-electron chi connectivity index (χ2n) is 5.45. The van der Waals surface area contributed by atoms with E-state index in [1.54, 1.807) is 6.07 Å². The summed E-state index contributed by atoms with van der Waals surface area (Å²) in [6.07, 6.45) is 3.89. The van der Waals surface area contributed by atoms with Crippen molar-refractivity contribution in [2.45, 2.75) is 32.2 Å². The molecule has 1 amide bonds. The molecule has 1 saturated heterocycles. The van der Waals surface area contributed by atoms with Crippen LogP contribution in [0, 0.1) is 0 Å². The molecule has 0 spiro atoms. The van der Waals surface area contributed by atoms with E-state index in [2.05, 4.69) is 4.98 Å². The van der Waals surface area contributed by atoms with Crippen LogP contribution in [0.25, 0.3) is 11.0 Å². The van der Waals surface area contributed by atoms with Gasteiger partial charge in [0, 0.05) is 31.1 Å². The Morgan fingerprint density at radius 3 is 2.81 bits per heavy atom. The number of piperidine rings is 1. The average molecular weight is 307 g/mol. The zero-order chi connectivity index (χ0) is 14.8. The Morgan fingerprint density at radius 1 is 1.29 bits per heavy atom. The van der Waals surface area contributed by atoms with Crippen molar-refractivity contribution in [3.8, 4) is 0 Å². The van der Waals surface area contributed by atoms with Crippen LogP contribution in [-0.4, -0.2) is 33.4 Å². The molecule has 0 atom stereocenters. The van der Waals surface area contributed by atoms with Gasteiger partial charge in [0.2, 0.25) is 11.9 Å². The second kappa shape index (κ2) is 5.93. The van der Waals surface area contributed by atoms with E-state index in [-0.39, 0.29) is 5.91 Å². The van der Waals surface area contributed by atoms with Gasteiger partial charge in [0.25, 0.3) is 0 Å². The number of nitrogens with zero attached hydrogens (tertiary/aromatic N) is 3. The van der Waals surface area contributed by atoms with Gasteiger partial charge in [-0.2, -0.15) is 0 Å². The summed E-state index contributed by atoms with van der Waals surface area (Å²) in [4.78, 5) is 18.5. The predicted octanol–water partition coefficient (Wildman–Crippen LogP) is 2.67. The number of hydrogen-bond donors (Lipinski definition) is 1. The number of carbonyl (C=O) groups is 1. The summed E-state index contributed by atoms with van der Waals surface area (Å²) >= 11 is 6.03. The van der Waals surface area contributed by atoms with Crippen LogP contribution in [0.15, 0.2) is 18.2 Å². The van der Waals surface area contributed by atoms with Crippen molar-refractivity contribution < 1.29 is 4.79 Å². The van der Waals surface area contributed by atoms with E-state index >= 15 is 0 Å². The number of aromatic nitrogens is 2. The van der Waals surface area contributed by atoms with Gasteiger partial charge in [0.05, 0.1) is 11.0 Å². The summed E-state index contributed by atoms with van der Waals surface area (Å²) in [6.45, 7) is 2.30. The number of imidazole rings is 1. The molecule has 1 aliphatic heterocycles. The lowest BCUT2D eigenvalue weighted by atomic mass is 10.1. The Kier molecular flexibility index (Phi) is 4.01. The van der Waals surface area contributed by atoms with Crippen LogP contribution in [0.4, 0.5) is 5.95 Å². The third-order valence-electron chi connectivity index (χ3n) is 4.00. The molecule has 0 aliphatic carbocycles. The highest BCUT2D eigenvalue weighted by Gasteiger charge is 2.17. The number of carbonyl (C=O) groups excluding carboxylic acids is 1. The van der Waals surface area contributed by atoms with E-state index < -0.39 is 0 Å². The molecule has 1 aliphatic rings. The molecule has 2 N–H and O–H groups in total. The number of rotatable bonds is 3. The molecule has 2 heterocycles. The predicted molar refractivity (Wildman–Crippen MR) is 84.2 cm³/mol. The van der Waals surface area contributed by atoms with Gasteiger partial charge in [-0.3, -0.25) is 4.79 Å². The van der Waals surface area contributed by atoms with Gasteiger partial charge in [-0.15, -0.1) is 0 Å². The summed E-state index contributed by atoms with van der Waals surface area (Å²) in [5, 5.41) is 0.644. The van der Waals surface area contributed by atoms with E-state index in [0.717, 1.165) is 37.0 Å². The number of anilines is 1. The van der Waals surface area contributed by atoms with Gasteiger partial charge < -0.3 is 15.2 Å². The monoisotopic (exact) mass is 306 g/mol. The minimum atomic E-state index is 0.193. The van der Waals surface area contributed by atoms with Crippen molar-refractivity contribution in [2.75, 3.05) is 18.8 Å². The van der Waals surface area contributed by atoms with Crippen molar-refractivity contribution >= 4 is 34.5 Å². The van der Waals surface area contributed by atoms with Crippen LogP contribution in [-0.2, 0) is 11.3 Å². The van der Waals surface area contributed by atoms with E-state index in [1.165, 1.54) is 6.42 Å². The maximum atomic E-state index is 12.2. The van der Waals surface area contributed by atoms with Gasteiger partial charge in [0.1, 0.15) is 0 Å². The smallest absolute Gasteiger partial charge is 0.224 e. The number of nitrogen functional groups attached to an aromatic ring is 1. The van der Waals surface area contributed by atoms with Crippen LogP contribution < -0.4 is 5.73 Å². The number of fused-ring (bicyclic) bond motifs is 1. The topological polar surface area (TPSA) is 64.1 Å². The van der Waals surface area contributed by atoms with E-state index in [4.69, 9.17) is 17.3 Å². The van der Waals surface area contributed by atoms with Crippen molar-refractivity contribution in [3.63, 3.8) is 0 Å².